The number of nitrogens with zero attached hydrogens (tertiary/aromatic N) is 2. The molecule has 0 spiro atoms. The first kappa shape index (κ1) is 17.0. The Morgan fingerprint density at radius 1 is 1.12 bits per heavy atom. The molecule has 2 aromatic rings. The number of anilines is 3. The predicted octanol–water partition coefficient (Wildman–Crippen LogP) is 2.99. The summed E-state index contributed by atoms with van der Waals surface area (Å²) in [6.07, 6.45) is 2.55. The maximum atomic E-state index is 12.4. The summed E-state index contributed by atoms with van der Waals surface area (Å²) < 4.78 is 0. The molecule has 6 heteroatoms. The van der Waals surface area contributed by atoms with Gasteiger partial charge >= 0.3 is 0 Å². The van der Waals surface area contributed by atoms with Crippen molar-refractivity contribution < 1.29 is 9.59 Å². The van der Waals surface area contributed by atoms with E-state index in [9.17, 15) is 9.59 Å². The summed E-state index contributed by atoms with van der Waals surface area (Å²) in [7, 11) is 3.81. The molecule has 1 fully saturated rings. The van der Waals surface area contributed by atoms with E-state index in [2.05, 4.69) is 22.5 Å². The van der Waals surface area contributed by atoms with Crippen LogP contribution in [0.5, 0.6) is 0 Å². The standard InChI is InChI=1S/C19H22N4O2/c1-12-9-16(12)19(25)21-14-6-4-5-13(10-14)18(24)22-15-7-8-17(20-11-15)23(2)3/h4-8,10-12,16H,9H2,1-3H3,(H,21,25)(H,22,24)/t12-,16+/m1/s1. The number of carbonyl (C=O) groups is 2. The van der Waals surface area contributed by atoms with Gasteiger partial charge in [0.25, 0.3) is 5.91 Å². The van der Waals surface area contributed by atoms with Gasteiger partial charge in [0.1, 0.15) is 5.82 Å². The molecule has 130 valence electrons. The Labute approximate surface area is 147 Å². The van der Waals surface area contributed by atoms with Crippen LogP contribution in [-0.4, -0.2) is 30.9 Å². The average Bonchev–Trinajstić information content (AvgIpc) is 3.32. The third-order valence-corrected chi connectivity index (χ3v) is 4.30. The van der Waals surface area contributed by atoms with Gasteiger partial charge in [0, 0.05) is 31.3 Å². The number of carbonyl (C=O) groups excluding carboxylic acids is 2. The monoisotopic (exact) mass is 338 g/mol. The summed E-state index contributed by atoms with van der Waals surface area (Å²) in [4.78, 5) is 30.6. The quantitative estimate of drug-likeness (QED) is 0.879. The van der Waals surface area contributed by atoms with Crippen LogP contribution in [0.3, 0.4) is 0 Å². The van der Waals surface area contributed by atoms with Crippen LogP contribution >= 0.6 is 0 Å². The average molecular weight is 338 g/mol. The van der Waals surface area contributed by atoms with Gasteiger partial charge in [-0.25, -0.2) is 4.98 Å². The first-order valence-corrected chi connectivity index (χ1v) is 8.29. The van der Waals surface area contributed by atoms with Gasteiger partial charge in [-0.3, -0.25) is 9.59 Å². The van der Waals surface area contributed by atoms with E-state index in [0.717, 1.165) is 12.2 Å². The number of benzene rings is 1. The lowest BCUT2D eigenvalue weighted by Gasteiger charge is -2.12. The smallest absolute Gasteiger partial charge is 0.255 e. The highest BCUT2D eigenvalue weighted by atomic mass is 16.2. The van der Waals surface area contributed by atoms with Crippen LogP contribution in [0, 0.1) is 11.8 Å². The van der Waals surface area contributed by atoms with E-state index >= 15 is 0 Å². The van der Waals surface area contributed by atoms with E-state index in [1.807, 2.05) is 25.1 Å². The van der Waals surface area contributed by atoms with E-state index in [0.29, 0.717) is 22.9 Å². The summed E-state index contributed by atoms with van der Waals surface area (Å²) in [5.74, 6) is 1.14. The number of aromatic nitrogens is 1. The maximum Gasteiger partial charge on any atom is 0.255 e. The molecule has 1 aliphatic rings. The molecule has 0 bridgehead atoms. The molecule has 0 radical (unpaired) electrons. The zero-order valence-electron chi connectivity index (χ0n) is 14.6. The molecule has 2 N–H and O–H groups in total. The first-order chi connectivity index (χ1) is 11.9. The third kappa shape index (κ3) is 4.15. The predicted molar refractivity (Wildman–Crippen MR) is 98.9 cm³/mol. The lowest BCUT2D eigenvalue weighted by molar-refractivity contribution is -0.117. The first-order valence-electron chi connectivity index (χ1n) is 8.29. The van der Waals surface area contributed by atoms with E-state index in [1.165, 1.54) is 0 Å². The van der Waals surface area contributed by atoms with Crippen LogP contribution in [-0.2, 0) is 4.79 Å². The molecule has 2 atom stereocenters. The van der Waals surface area contributed by atoms with E-state index in [4.69, 9.17) is 0 Å². The lowest BCUT2D eigenvalue weighted by atomic mass is 10.1. The van der Waals surface area contributed by atoms with E-state index < -0.39 is 0 Å². The zero-order valence-corrected chi connectivity index (χ0v) is 14.6. The lowest BCUT2D eigenvalue weighted by Crippen LogP contribution is -2.16. The molecule has 1 aromatic carbocycles. The van der Waals surface area contributed by atoms with Crippen LogP contribution in [0.2, 0.25) is 0 Å². The van der Waals surface area contributed by atoms with Gasteiger partial charge in [0.05, 0.1) is 11.9 Å². The third-order valence-electron chi connectivity index (χ3n) is 4.30. The number of hydrogen-bond donors (Lipinski definition) is 2. The normalized spacial score (nSPS) is 18.4. The van der Waals surface area contributed by atoms with Gasteiger partial charge in [0.2, 0.25) is 5.91 Å². The van der Waals surface area contributed by atoms with Crippen molar-refractivity contribution in [2.45, 2.75) is 13.3 Å². The number of amides is 2. The van der Waals surface area contributed by atoms with Gasteiger partial charge in [-0.1, -0.05) is 13.0 Å². The highest BCUT2D eigenvalue weighted by Gasteiger charge is 2.39. The minimum Gasteiger partial charge on any atom is -0.363 e. The van der Waals surface area contributed by atoms with Crippen LogP contribution in [0.1, 0.15) is 23.7 Å². The SMILES string of the molecule is C[C@@H]1C[C@@H]1C(=O)Nc1cccc(C(=O)Nc2ccc(N(C)C)nc2)c1. The van der Waals surface area contributed by atoms with Crippen molar-refractivity contribution in [1.82, 2.24) is 4.98 Å². The van der Waals surface area contributed by atoms with Crippen molar-refractivity contribution in [2.75, 3.05) is 29.6 Å². The molecular formula is C19H22N4O2. The molecule has 3 rings (SSSR count). The summed E-state index contributed by atoms with van der Waals surface area (Å²) >= 11 is 0. The van der Waals surface area contributed by atoms with E-state index in [-0.39, 0.29) is 17.7 Å². The van der Waals surface area contributed by atoms with Crippen molar-refractivity contribution >= 4 is 29.0 Å². The summed E-state index contributed by atoms with van der Waals surface area (Å²) in [6, 6.07) is 10.6. The van der Waals surface area contributed by atoms with Crippen molar-refractivity contribution in [1.29, 1.82) is 0 Å². The second kappa shape index (κ2) is 6.93. The molecule has 1 aromatic heterocycles. The minimum atomic E-state index is -0.240. The molecule has 1 saturated carbocycles. The summed E-state index contributed by atoms with van der Waals surface area (Å²) in [6.45, 7) is 2.06. The Morgan fingerprint density at radius 2 is 1.88 bits per heavy atom. The van der Waals surface area contributed by atoms with Gasteiger partial charge in [-0.2, -0.15) is 0 Å². The summed E-state index contributed by atoms with van der Waals surface area (Å²) in [5, 5.41) is 5.69. The number of pyridine rings is 1. The Balaban J connectivity index is 1.65. The van der Waals surface area contributed by atoms with Crippen LogP contribution in [0.15, 0.2) is 42.6 Å². The Kier molecular flexibility index (Phi) is 4.70. The Bertz CT molecular complexity index is 786. The molecule has 2 amide bonds. The van der Waals surface area contributed by atoms with E-state index in [1.54, 1.807) is 36.5 Å². The second-order valence-corrected chi connectivity index (χ2v) is 6.64. The second-order valence-electron chi connectivity index (χ2n) is 6.64. The molecular weight excluding hydrogens is 316 g/mol. The molecule has 0 aliphatic heterocycles. The summed E-state index contributed by atoms with van der Waals surface area (Å²) in [5.41, 5.74) is 1.74. The van der Waals surface area contributed by atoms with Crippen molar-refractivity contribution in [3.63, 3.8) is 0 Å². The molecule has 0 saturated heterocycles. The fourth-order valence-corrected chi connectivity index (χ4v) is 2.59. The molecule has 25 heavy (non-hydrogen) atoms. The Morgan fingerprint density at radius 3 is 2.48 bits per heavy atom. The van der Waals surface area contributed by atoms with Crippen molar-refractivity contribution in [3.05, 3.63) is 48.2 Å². The molecule has 1 aliphatic carbocycles. The van der Waals surface area contributed by atoms with Crippen LogP contribution < -0.4 is 15.5 Å². The molecule has 0 unspecified atom stereocenters. The maximum absolute atomic E-state index is 12.4. The zero-order chi connectivity index (χ0) is 18.0. The molecule has 6 nitrogen and oxygen atoms in total. The van der Waals surface area contributed by atoms with Gasteiger partial charge < -0.3 is 15.5 Å². The minimum absolute atomic E-state index is 0.0218. The highest BCUT2D eigenvalue weighted by Crippen LogP contribution is 2.38. The van der Waals surface area contributed by atoms with Crippen LogP contribution in [0.4, 0.5) is 17.2 Å². The largest absolute Gasteiger partial charge is 0.363 e. The van der Waals surface area contributed by atoms with Crippen molar-refractivity contribution in [2.24, 2.45) is 11.8 Å². The van der Waals surface area contributed by atoms with Crippen molar-refractivity contribution in [3.8, 4) is 0 Å². The highest BCUT2D eigenvalue weighted by molar-refractivity contribution is 6.05. The number of nitrogens with one attached hydrogen (secondary N) is 2. The molecule has 1 heterocycles. The Hall–Kier alpha value is -2.89. The fraction of sp³-hybridized carbons (Fsp3) is 0.316. The number of rotatable bonds is 5. The van der Waals surface area contributed by atoms with Gasteiger partial charge in [-0.15, -0.1) is 0 Å². The topological polar surface area (TPSA) is 74.3 Å². The van der Waals surface area contributed by atoms with Crippen LogP contribution in [0.25, 0.3) is 0 Å². The number of hydrogen-bond acceptors (Lipinski definition) is 4. The van der Waals surface area contributed by atoms with Gasteiger partial charge in [0.15, 0.2) is 0 Å². The fourth-order valence-electron chi connectivity index (χ4n) is 2.59. The van der Waals surface area contributed by atoms with Gasteiger partial charge in [-0.05, 0) is 42.7 Å².